The van der Waals surface area contributed by atoms with Gasteiger partial charge in [-0.2, -0.15) is 0 Å². The summed E-state index contributed by atoms with van der Waals surface area (Å²) in [7, 11) is 7.57. The van der Waals surface area contributed by atoms with Crippen molar-refractivity contribution in [3.63, 3.8) is 0 Å². The van der Waals surface area contributed by atoms with Crippen LogP contribution in [0.15, 0.2) is 30.5 Å². The first-order valence-corrected chi connectivity index (χ1v) is 9.73. The predicted octanol–water partition coefficient (Wildman–Crippen LogP) is 2.57. The molecular weight excluding hydrogens is 416 g/mol. The zero-order valence-corrected chi connectivity index (χ0v) is 18.6. The van der Waals surface area contributed by atoms with E-state index in [1.54, 1.807) is 32.0 Å². The van der Waals surface area contributed by atoms with Crippen molar-refractivity contribution in [3.05, 3.63) is 41.7 Å². The number of nitrogens with zero attached hydrogens (tertiary/aromatic N) is 2. The number of methoxy groups -OCH3 is 4. The van der Waals surface area contributed by atoms with Crippen molar-refractivity contribution in [2.75, 3.05) is 45.7 Å². The number of hydrogen-bond donors (Lipinski definition) is 2. The third-order valence-corrected chi connectivity index (χ3v) is 4.92. The predicted molar refractivity (Wildman–Crippen MR) is 119 cm³/mol. The maximum absolute atomic E-state index is 12.4. The minimum absolute atomic E-state index is 0.153. The van der Waals surface area contributed by atoms with Gasteiger partial charge in [0.25, 0.3) is 0 Å². The fraction of sp³-hybridized carbons (Fsp3) is 0.318. The number of esters is 1. The summed E-state index contributed by atoms with van der Waals surface area (Å²) in [6.45, 7) is 0.308. The van der Waals surface area contributed by atoms with Gasteiger partial charge in [0, 0.05) is 37.7 Å². The Bertz CT molecular complexity index is 1140. The molecule has 0 fully saturated rings. The Kier molecular flexibility index (Phi) is 7.16. The molecule has 0 aliphatic heterocycles. The molecular formula is C22H26N4O6. The fourth-order valence-corrected chi connectivity index (χ4v) is 3.37. The number of rotatable bonds is 9. The number of fused-ring (bicyclic) bond motifs is 1. The van der Waals surface area contributed by atoms with E-state index >= 15 is 0 Å². The molecule has 10 nitrogen and oxygen atoms in total. The number of pyridine rings is 1. The van der Waals surface area contributed by atoms with Crippen LogP contribution in [0, 0.1) is 0 Å². The van der Waals surface area contributed by atoms with Crippen LogP contribution in [0.3, 0.4) is 0 Å². The second-order valence-corrected chi connectivity index (χ2v) is 6.88. The normalized spacial score (nSPS) is 10.7. The molecule has 0 unspecified atom stereocenters. The van der Waals surface area contributed by atoms with Crippen LogP contribution in [0.2, 0.25) is 0 Å². The number of ether oxygens (including phenoxy) is 4. The molecule has 0 spiro atoms. The zero-order chi connectivity index (χ0) is 23.3. The standard InChI is InChI=1S/C22H26N4O6/c1-26-20(22(28)32-5)19(25-18(27)12-29-2)16-8-14(11-24-21(16)26)23-10-13-6-7-15(30-3)9-17(13)31-4/h6-9,11,23H,10,12H2,1-5H3,(H,25,27). The Morgan fingerprint density at radius 2 is 1.88 bits per heavy atom. The summed E-state index contributed by atoms with van der Waals surface area (Å²) < 4.78 is 22.0. The van der Waals surface area contributed by atoms with Gasteiger partial charge in [-0.1, -0.05) is 0 Å². The summed E-state index contributed by atoms with van der Waals surface area (Å²) in [4.78, 5) is 29.1. The molecule has 3 rings (SSSR count). The Balaban J connectivity index is 1.96. The van der Waals surface area contributed by atoms with Gasteiger partial charge in [0.05, 0.1) is 38.9 Å². The van der Waals surface area contributed by atoms with Crippen LogP contribution in [-0.4, -0.2) is 56.5 Å². The van der Waals surface area contributed by atoms with Crippen molar-refractivity contribution in [2.45, 2.75) is 6.54 Å². The molecule has 32 heavy (non-hydrogen) atoms. The highest BCUT2D eigenvalue weighted by atomic mass is 16.5. The number of carbonyl (C=O) groups is 2. The monoisotopic (exact) mass is 442 g/mol. The van der Waals surface area contributed by atoms with Crippen molar-refractivity contribution in [1.29, 1.82) is 0 Å². The van der Waals surface area contributed by atoms with Gasteiger partial charge in [-0.25, -0.2) is 9.78 Å². The number of amides is 1. The van der Waals surface area contributed by atoms with Crippen molar-refractivity contribution in [1.82, 2.24) is 9.55 Å². The highest BCUT2D eigenvalue weighted by molar-refractivity contribution is 6.11. The van der Waals surface area contributed by atoms with Gasteiger partial charge in [-0.05, 0) is 18.2 Å². The Morgan fingerprint density at radius 1 is 1.09 bits per heavy atom. The number of nitrogens with one attached hydrogen (secondary N) is 2. The minimum Gasteiger partial charge on any atom is -0.497 e. The van der Waals surface area contributed by atoms with Gasteiger partial charge in [0.2, 0.25) is 5.91 Å². The van der Waals surface area contributed by atoms with Crippen LogP contribution < -0.4 is 20.1 Å². The van der Waals surface area contributed by atoms with Crippen molar-refractivity contribution in [3.8, 4) is 11.5 Å². The van der Waals surface area contributed by atoms with Gasteiger partial charge in [-0.3, -0.25) is 4.79 Å². The van der Waals surface area contributed by atoms with Crippen LogP contribution in [0.5, 0.6) is 11.5 Å². The lowest BCUT2D eigenvalue weighted by Gasteiger charge is -2.12. The van der Waals surface area contributed by atoms with E-state index in [1.807, 2.05) is 24.3 Å². The number of anilines is 2. The molecule has 0 radical (unpaired) electrons. The first-order valence-electron chi connectivity index (χ1n) is 9.73. The van der Waals surface area contributed by atoms with E-state index in [0.717, 1.165) is 5.56 Å². The molecule has 0 aliphatic carbocycles. The quantitative estimate of drug-likeness (QED) is 0.486. The third-order valence-electron chi connectivity index (χ3n) is 4.92. The van der Waals surface area contributed by atoms with E-state index < -0.39 is 11.9 Å². The van der Waals surface area contributed by atoms with Gasteiger partial charge in [-0.15, -0.1) is 0 Å². The Morgan fingerprint density at radius 3 is 2.53 bits per heavy atom. The van der Waals surface area contributed by atoms with E-state index in [2.05, 4.69) is 15.6 Å². The van der Waals surface area contributed by atoms with E-state index in [1.165, 1.54) is 14.2 Å². The summed E-state index contributed by atoms with van der Waals surface area (Å²) in [6.07, 6.45) is 1.65. The lowest BCUT2D eigenvalue weighted by Crippen LogP contribution is -2.19. The van der Waals surface area contributed by atoms with Crippen molar-refractivity contribution >= 4 is 34.3 Å². The lowest BCUT2D eigenvalue weighted by atomic mass is 10.2. The average Bonchev–Trinajstić information content (AvgIpc) is 3.07. The number of hydrogen-bond acceptors (Lipinski definition) is 8. The first-order chi connectivity index (χ1) is 15.4. The maximum Gasteiger partial charge on any atom is 0.356 e. The molecule has 0 aliphatic rings. The molecule has 1 amide bonds. The zero-order valence-electron chi connectivity index (χ0n) is 18.6. The van der Waals surface area contributed by atoms with E-state index in [4.69, 9.17) is 18.9 Å². The van der Waals surface area contributed by atoms with Crippen LogP contribution in [0.4, 0.5) is 11.4 Å². The SMILES string of the molecule is COCC(=O)Nc1c(C(=O)OC)n(C)c2ncc(NCc3ccc(OC)cc3OC)cc12. The molecule has 0 saturated carbocycles. The molecule has 2 heterocycles. The van der Waals surface area contributed by atoms with Crippen molar-refractivity contribution in [2.24, 2.45) is 7.05 Å². The Labute approximate surface area is 185 Å². The summed E-state index contributed by atoms with van der Waals surface area (Å²) in [6, 6.07) is 7.38. The Hall–Kier alpha value is -3.79. The van der Waals surface area contributed by atoms with Gasteiger partial charge < -0.3 is 34.1 Å². The van der Waals surface area contributed by atoms with Crippen molar-refractivity contribution < 1.29 is 28.5 Å². The number of carbonyl (C=O) groups excluding carboxylic acids is 2. The fourth-order valence-electron chi connectivity index (χ4n) is 3.37. The van der Waals surface area contributed by atoms with Crippen LogP contribution in [0.1, 0.15) is 16.1 Å². The highest BCUT2D eigenvalue weighted by Crippen LogP contribution is 2.32. The smallest absolute Gasteiger partial charge is 0.356 e. The summed E-state index contributed by atoms with van der Waals surface area (Å²) in [5, 5.41) is 6.62. The van der Waals surface area contributed by atoms with E-state index in [-0.39, 0.29) is 12.3 Å². The number of aryl methyl sites for hydroxylation is 1. The maximum atomic E-state index is 12.4. The molecule has 0 atom stereocenters. The third kappa shape index (κ3) is 4.59. The average molecular weight is 442 g/mol. The molecule has 1 aromatic carbocycles. The number of aromatic nitrogens is 2. The molecule has 0 saturated heterocycles. The molecule has 10 heteroatoms. The molecule has 2 aromatic heterocycles. The first kappa shape index (κ1) is 22.9. The largest absolute Gasteiger partial charge is 0.497 e. The topological polar surface area (TPSA) is 113 Å². The second kappa shape index (κ2) is 10.0. The molecule has 3 aromatic rings. The highest BCUT2D eigenvalue weighted by Gasteiger charge is 2.24. The van der Waals surface area contributed by atoms with Gasteiger partial charge in [0.15, 0.2) is 5.69 Å². The van der Waals surface area contributed by atoms with Gasteiger partial charge in [0.1, 0.15) is 23.8 Å². The summed E-state index contributed by atoms with van der Waals surface area (Å²) in [5.41, 5.74) is 2.64. The van der Waals surface area contributed by atoms with Crippen LogP contribution >= 0.6 is 0 Å². The molecule has 170 valence electrons. The van der Waals surface area contributed by atoms with Crippen LogP contribution in [0.25, 0.3) is 11.0 Å². The summed E-state index contributed by atoms with van der Waals surface area (Å²) in [5.74, 6) is 0.401. The minimum atomic E-state index is -0.587. The van der Waals surface area contributed by atoms with Gasteiger partial charge >= 0.3 is 5.97 Å². The molecule has 2 N–H and O–H groups in total. The van der Waals surface area contributed by atoms with Crippen LogP contribution in [-0.2, 0) is 27.9 Å². The second-order valence-electron chi connectivity index (χ2n) is 6.88. The molecule has 0 bridgehead atoms. The van der Waals surface area contributed by atoms with E-state index in [0.29, 0.717) is 40.5 Å². The lowest BCUT2D eigenvalue weighted by molar-refractivity contribution is -0.119. The summed E-state index contributed by atoms with van der Waals surface area (Å²) >= 11 is 0. The van der Waals surface area contributed by atoms with E-state index in [9.17, 15) is 9.59 Å². The number of benzene rings is 1.